The SMILES string of the molecule is C[Si](C)(C)c1ccc2c(c1)oc1c(-c3ccccn3)[c-]ccc12.[Ir].[c-]1ccccc1-c1ccc(C2CCCC2)cn1. The first-order chi connectivity index (χ1) is 19.5. The maximum Gasteiger partial charge on any atom is 0.120 e. The van der Waals surface area contributed by atoms with E-state index in [2.05, 4.69) is 84.2 Å². The summed E-state index contributed by atoms with van der Waals surface area (Å²) in [5.41, 5.74) is 7.14. The standard InChI is InChI=1S/C20H18NOSi.C16H16N.Ir/c1-23(2,3)14-10-11-15-16-7-6-8-17(18-9-4-5-12-21-18)20(16)22-19(15)13-14;1-2-8-14(9-3-1)16-11-10-15(12-17-16)13-6-4-5-7-13;/h4-7,9-13H,1-3H3;1-3,8,10-13H,4-7H2;/q2*-1;. The van der Waals surface area contributed by atoms with Gasteiger partial charge in [-0.25, -0.2) is 0 Å². The normalized spacial score (nSPS) is 13.5. The first kappa shape index (κ1) is 29.1. The summed E-state index contributed by atoms with van der Waals surface area (Å²) in [7, 11) is -1.36. The van der Waals surface area contributed by atoms with Gasteiger partial charge in [-0.05, 0) is 47.8 Å². The molecule has 209 valence electrons. The third-order valence-electron chi connectivity index (χ3n) is 7.82. The Balaban J connectivity index is 0.000000168. The molecule has 3 nitrogen and oxygen atoms in total. The fourth-order valence-electron chi connectivity index (χ4n) is 5.53. The van der Waals surface area contributed by atoms with Crippen molar-refractivity contribution in [2.24, 2.45) is 0 Å². The van der Waals surface area contributed by atoms with Gasteiger partial charge in [0.1, 0.15) is 5.58 Å². The molecule has 0 atom stereocenters. The Morgan fingerprint density at radius 3 is 2.29 bits per heavy atom. The van der Waals surface area contributed by atoms with Gasteiger partial charge >= 0.3 is 0 Å². The Hall–Kier alpha value is -3.37. The molecule has 0 saturated heterocycles. The molecule has 7 rings (SSSR count). The maximum absolute atomic E-state index is 6.22. The van der Waals surface area contributed by atoms with Crippen LogP contribution in [0.1, 0.15) is 37.2 Å². The van der Waals surface area contributed by atoms with Crippen LogP contribution in [0.3, 0.4) is 0 Å². The fraction of sp³-hybridized carbons (Fsp3) is 0.222. The number of benzene rings is 3. The summed E-state index contributed by atoms with van der Waals surface area (Å²) in [6, 6.07) is 35.4. The van der Waals surface area contributed by atoms with E-state index < -0.39 is 8.07 Å². The molecule has 0 spiro atoms. The summed E-state index contributed by atoms with van der Waals surface area (Å²) >= 11 is 0. The molecule has 3 aromatic heterocycles. The van der Waals surface area contributed by atoms with Gasteiger partial charge < -0.3 is 14.4 Å². The van der Waals surface area contributed by atoms with Gasteiger partial charge in [-0.15, -0.1) is 54.1 Å². The van der Waals surface area contributed by atoms with Crippen LogP contribution < -0.4 is 5.19 Å². The van der Waals surface area contributed by atoms with E-state index in [0.717, 1.165) is 50.4 Å². The van der Waals surface area contributed by atoms with Gasteiger partial charge in [-0.1, -0.05) is 85.0 Å². The van der Waals surface area contributed by atoms with Crippen LogP contribution in [0.4, 0.5) is 0 Å². The summed E-state index contributed by atoms with van der Waals surface area (Å²) in [6.07, 6.45) is 9.26. The van der Waals surface area contributed by atoms with Crippen molar-refractivity contribution in [3.63, 3.8) is 0 Å². The molecule has 1 aliphatic rings. The fourth-order valence-corrected chi connectivity index (χ4v) is 6.67. The van der Waals surface area contributed by atoms with Crippen LogP contribution in [0.25, 0.3) is 44.5 Å². The van der Waals surface area contributed by atoms with E-state index in [1.807, 2.05) is 48.7 Å². The van der Waals surface area contributed by atoms with E-state index in [-0.39, 0.29) is 20.1 Å². The van der Waals surface area contributed by atoms with Crippen LogP contribution in [-0.4, -0.2) is 18.0 Å². The van der Waals surface area contributed by atoms with E-state index in [1.54, 1.807) is 6.20 Å². The molecule has 3 aromatic carbocycles. The van der Waals surface area contributed by atoms with Crippen molar-refractivity contribution >= 4 is 35.2 Å². The van der Waals surface area contributed by atoms with Crippen molar-refractivity contribution in [1.29, 1.82) is 0 Å². The van der Waals surface area contributed by atoms with Crippen LogP contribution >= 0.6 is 0 Å². The number of furan rings is 1. The largest absolute Gasteiger partial charge is 0.501 e. The van der Waals surface area contributed by atoms with Crippen molar-refractivity contribution in [2.45, 2.75) is 51.2 Å². The zero-order valence-corrected chi connectivity index (χ0v) is 27.2. The van der Waals surface area contributed by atoms with E-state index in [0.29, 0.717) is 0 Å². The minimum atomic E-state index is -1.36. The van der Waals surface area contributed by atoms with Gasteiger partial charge in [-0.3, -0.25) is 0 Å². The number of hydrogen-bond acceptors (Lipinski definition) is 3. The summed E-state index contributed by atoms with van der Waals surface area (Å²) in [6.45, 7) is 7.05. The van der Waals surface area contributed by atoms with Crippen molar-refractivity contribution in [3.05, 3.63) is 115 Å². The molecular formula is C36H34IrN2OSi-2. The van der Waals surface area contributed by atoms with Crippen LogP contribution in [-0.2, 0) is 20.1 Å². The smallest absolute Gasteiger partial charge is 0.120 e. The predicted octanol–water partition coefficient (Wildman–Crippen LogP) is 9.20. The second kappa shape index (κ2) is 12.6. The maximum atomic E-state index is 6.22. The van der Waals surface area contributed by atoms with Gasteiger partial charge in [0.2, 0.25) is 0 Å². The third kappa shape index (κ3) is 6.43. The Bertz CT molecular complexity index is 1720. The molecule has 0 N–H and O–H groups in total. The van der Waals surface area contributed by atoms with Crippen molar-refractivity contribution in [1.82, 2.24) is 9.97 Å². The molecule has 3 heterocycles. The monoisotopic (exact) mass is 731 g/mol. The minimum absolute atomic E-state index is 0. The second-order valence-corrected chi connectivity index (χ2v) is 16.7. The van der Waals surface area contributed by atoms with Gasteiger partial charge in [0.15, 0.2) is 0 Å². The van der Waals surface area contributed by atoms with Crippen molar-refractivity contribution < 1.29 is 24.5 Å². The summed E-state index contributed by atoms with van der Waals surface area (Å²) in [5, 5.41) is 3.70. The molecule has 1 aliphatic carbocycles. The number of nitrogens with zero attached hydrogens (tertiary/aromatic N) is 2. The number of fused-ring (bicyclic) bond motifs is 3. The third-order valence-corrected chi connectivity index (χ3v) is 9.86. The molecule has 1 saturated carbocycles. The Labute approximate surface area is 257 Å². The van der Waals surface area contributed by atoms with Gasteiger partial charge in [0.05, 0.1) is 13.7 Å². The molecule has 41 heavy (non-hydrogen) atoms. The van der Waals surface area contributed by atoms with Crippen molar-refractivity contribution in [2.75, 3.05) is 0 Å². The summed E-state index contributed by atoms with van der Waals surface area (Å²) in [5.74, 6) is 0.747. The molecule has 0 bridgehead atoms. The zero-order chi connectivity index (χ0) is 27.5. The Morgan fingerprint density at radius 1 is 0.780 bits per heavy atom. The quantitative estimate of drug-likeness (QED) is 0.134. The average Bonchev–Trinajstić information content (AvgIpc) is 3.66. The number of hydrogen-bond donors (Lipinski definition) is 0. The predicted molar refractivity (Wildman–Crippen MR) is 168 cm³/mol. The second-order valence-electron chi connectivity index (χ2n) is 11.6. The summed E-state index contributed by atoms with van der Waals surface area (Å²) < 4.78 is 6.22. The molecule has 6 aromatic rings. The number of aromatic nitrogens is 2. The Morgan fingerprint density at radius 2 is 1.61 bits per heavy atom. The molecule has 5 heteroatoms. The van der Waals surface area contributed by atoms with Crippen LogP contribution in [0.2, 0.25) is 19.6 Å². The van der Waals surface area contributed by atoms with E-state index in [4.69, 9.17) is 4.42 Å². The van der Waals surface area contributed by atoms with E-state index in [1.165, 1.54) is 36.4 Å². The topological polar surface area (TPSA) is 38.9 Å². The van der Waals surface area contributed by atoms with Gasteiger partial charge in [0.25, 0.3) is 0 Å². The minimum Gasteiger partial charge on any atom is -0.501 e. The van der Waals surface area contributed by atoms with Crippen LogP contribution in [0.5, 0.6) is 0 Å². The molecule has 1 radical (unpaired) electrons. The van der Waals surface area contributed by atoms with Crippen molar-refractivity contribution in [3.8, 4) is 22.5 Å². The molecule has 0 amide bonds. The number of rotatable bonds is 4. The van der Waals surface area contributed by atoms with Crippen LogP contribution in [0, 0.1) is 12.1 Å². The molecular weight excluding hydrogens is 697 g/mol. The molecule has 1 fully saturated rings. The van der Waals surface area contributed by atoms with E-state index >= 15 is 0 Å². The average molecular weight is 731 g/mol. The van der Waals surface area contributed by atoms with Gasteiger partial charge in [0, 0.05) is 37.9 Å². The van der Waals surface area contributed by atoms with Gasteiger partial charge in [-0.2, -0.15) is 0 Å². The van der Waals surface area contributed by atoms with Crippen LogP contribution in [0.15, 0.2) is 102 Å². The molecule has 0 aliphatic heterocycles. The Kier molecular flexibility index (Phi) is 8.99. The first-order valence-electron chi connectivity index (χ1n) is 14.2. The molecule has 0 unspecified atom stereocenters. The van der Waals surface area contributed by atoms with E-state index in [9.17, 15) is 0 Å². The zero-order valence-electron chi connectivity index (χ0n) is 23.8. The first-order valence-corrected chi connectivity index (χ1v) is 17.7. The number of pyridine rings is 2. The summed E-state index contributed by atoms with van der Waals surface area (Å²) in [4.78, 5) is 9.00.